The lowest BCUT2D eigenvalue weighted by atomic mass is 10.0. The number of hydrogen-bond acceptors (Lipinski definition) is 2. The summed E-state index contributed by atoms with van der Waals surface area (Å²) in [4.78, 5) is 0. The highest BCUT2D eigenvalue weighted by Gasteiger charge is 2.02. The Morgan fingerprint density at radius 2 is 1.58 bits per heavy atom. The molecule has 0 aliphatic carbocycles. The van der Waals surface area contributed by atoms with Gasteiger partial charge in [0.15, 0.2) is 0 Å². The molecule has 132 valence electrons. The minimum atomic E-state index is 0.329. The highest BCUT2D eigenvalue weighted by molar-refractivity contribution is 5.40. The Hall–Kier alpha value is -1.96. The standard InChI is InChI=1S/C22H32O2/c1-17(2)8-6-9-18(3)10-7-11-19(4)12-13-20-16-21(24-5)14-15-22(20)23/h8,10,12,14-16,23H,6-7,9,11,13H2,1-5H3/b18-10+,19-12+. The van der Waals surface area contributed by atoms with Crippen molar-refractivity contribution in [3.63, 3.8) is 0 Å². The van der Waals surface area contributed by atoms with Gasteiger partial charge >= 0.3 is 0 Å². The number of phenolic OH excluding ortho intramolecular Hbond substituents is 1. The maximum atomic E-state index is 9.91. The van der Waals surface area contributed by atoms with Crippen molar-refractivity contribution in [3.05, 3.63) is 58.7 Å². The Kier molecular flexibility index (Phi) is 8.99. The van der Waals surface area contributed by atoms with Gasteiger partial charge in [0.1, 0.15) is 11.5 Å². The molecule has 0 aromatic heterocycles. The first-order valence-electron chi connectivity index (χ1n) is 8.73. The summed E-state index contributed by atoms with van der Waals surface area (Å²) in [5, 5.41) is 9.91. The zero-order valence-corrected chi connectivity index (χ0v) is 15.9. The smallest absolute Gasteiger partial charge is 0.119 e. The first-order chi connectivity index (χ1) is 11.4. The molecule has 0 heterocycles. The molecule has 0 atom stereocenters. The monoisotopic (exact) mass is 328 g/mol. The van der Waals surface area contributed by atoms with Crippen molar-refractivity contribution in [2.75, 3.05) is 7.11 Å². The van der Waals surface area contributed by atoms with E-state index in [1.54, 1.807) is 19.2 Å². The van der Waals surface area contributed by atoms with E-state index < -0.39 is 0 Å². The molecule has 0 amide bonds. The van der Waals surface area contributed by atoms with Gasteiger partial charge in [-0.25, -0.2) is 0 Å². The summed E-state index contributed by atoms with van der Waals surface area (Å²) in [7, 11) is 1.64. The van der Waals surface area contributed by atoms with Gasteiger partial charge in [-0.3, -0.25) is 0 Å². The van der Waals surface area contributed by atoms with E-state index in [-0.39, 0.29) is 0 Å². The summed E-state index contributed by atoms with van der Waals surface area (Å²) >= 11 is 0. The number of ether oxygens (including phenoxy) is 1. The van der Waals surface area contributed by atoms with Crippen molar-refractivity contribution in [2.24, 2.45) is 0 Å². The predicted molar refractivity (Wildman–Crippen MR) is 104 cm³/mol. The Bertz CT molecular complexity index is 602. The third kappa shape index (κ3) is 8.05. The van der Waals surface area contributed by atoms with Crippen molar-refractivity contribution in [2.45, 2.75) is 59.8 Å². The molecule has 0 bridgehead atoms. The molecule has 0 aliphatic rings. The quantitative estimate of drug-likeness (QED) is 0.534. The van der Waals surface area contributed by atoms with Crippen molar-refractivity contribution >= 4 is 0 Å². The van der Waals surface area contributed by atoms with Gasteiger partial charge in [-0.2, -0.15) is 0 Å². The molecule has 1 aromatic rings. The summed E-state index contributed by atoms with van der Waals surface area (Å²) in [6.45, 7) is 8.66. The maximum Gasteiger partial charge on any atom is 0.119 e. The van der Waals surface area contributed by atoms with Gasteiger partial charge in [-0.1, -0.05) is 34.9 Å². The van der Waals surface area contributed by atoms with Crippen LogP contribution in [-0.2, 0) is 6.42 Å². The van der Waals surface area contributed by atoms with Gasteiger partial charge in [-0.15, -0.1) is 0 Å². The molecule has 24 heavy (non-hydrogen) atoms. The lowest BCUT2D eigenvalue weighted by molar-refractivity contribution is 0.411. The summed E-state index contributed by atoms with van der Waals surface area (Å²) < 4.78 is 5.21. The normalized spacial score (nSPS) is 12.2. The van der Waals surface area contributed by atoms with E-state index in [2.05, 4.69) is 45.9 Å². The molecule has 1 aromatic carbocycles. The Morgan fingerprint density at radius 1 is 0.958 bits per heavy atom. The van der Waals surface area contributed by atoms with Gasteiger partial charge < -0.3 is 9.84 Å². The fourth-order valence-electron chi connectivity index (χ4n) is 2.48. The molecule has 2 nitrogen and oxygen atoms in total. The van der Waals surface area contributed by atoms with E-state index in [1.165, 1.54) is 16.7 Å². The van der Waals surface area contributed by atoms with Crippen LogP contribution in [0.5, 0.6) is 11.5 Å². The third-order valence-corrected chi connectivity index (χ3v) is 4.08. The fourth-order valence-corrected chi connectivity index (χ4v) is 2.48. The molecule has 2 heteroatoms. The Morgan fingerprint density at radius 3 is 2.21 bits per heavy atom. The molecule has 0 spiro atoms. The second-order valence-electron chi connectivity index (χ2n) is 6.66. The summed E-state index contributed by atoms with van der Waals surface area (Å²) in [5.41, 5.74) is 5.11. The van der Waals surface area contributed by atoms with Gasteiger partial charge in [0.2, 0.25) is 0 Å². The second kappa shape index (κ2) is 10.7. The van der Waals surface area contributed by atoms with Gasteiger partial charge in [0, 0.05) is 5.56 Å². The number of methoxy groups -OCH3 is 1. The van der Waals surface area contributed by atoms with Gasteiger partial charge in [0.25, 0.3) is 0 Å². The summed E-state index contributed by atoms with van der Waals surface area (Å²) in [6, 6.07) is 5.36. The SMILES string of the molecule is COc1ccc(O)c(C/C=C(\C)CC/C=C(\C)CCC=C(C)C)c1. The largest absolute Gasteiger partial charge is 0.508 e. The summed E-state index contributed by atoms with van der Waals surface area (Å²) in [6.07, 6.45) is 12.0. The first kappa shape index (κ1) is 20.1. The highest BCUT2D eigenvalue weighted by atomic mass is 16.5. The van der Waals surface area contributed by atoms with Crippen molar-refractivity contribution in [1.29, 1.82) is 0 Å². The molecule has 0 saturated heterocycles. The number of phenols is 1. The van der Waals surface area contributed by atoms with Crippen LogP contribution >= 0.6 is 0 Å². The van der Waals surface area contributed by atoms with E-state index in [4.69, 9.17) is 4.74 Å². The van der Waals surface area contributed by atoms with Crippen LogP contribution in [0.3, 0.4) is 0 Å². The summed E-state index contributed by atoms with van der Waals surface area (Å²) in [5.74, 6) is 1.11. The number of hydrogen-bond donors (Lipinski definition) is 1. The van der Waals surface area contributed by atoms with Crippen LogP contribution in [0.1, 0.15) is 58.9 Å². The van der Waals surface area contributed by atoms with E-state index in [0.29, 0.717) is 5.75 Å². The average molecular weight is 328 g/mol. The van der Waals surface area contributed by atoms with Crippen LogP contribution in [0, 0.1) is 0 Å². The predicted octanol–water partition coefficient (Wildman–Crippen LogP) is 6.36. The van der Waals surface area contributed by atoms with E-state index >= 15 is 0 Å². The number of rotatable bonds is 9. The van der Waals surface area contributed by atoms with Crippen molar-refractivity contribution in [3.8, 4) is 11.5 Å². The van der Waals surface area contributed by atoms with E-state index in [9.17, 15) is 5.11 Å². The fraction of sp³-hybridized carbons (Fsp3) is 0.455. The first-order valence-corrected chi connectivity index (χ1v) is 8.73. The van der Waals surface area contributed by atoms with Crippen molar-refractivity contribution < 1.29 is 9.84 Å². The molecule has 0 radical (unpaired) electrons. The second-order valence-corrected chi connectivity index (χ2v) is 6.66. The highest BCUT2D eigenvalue weighted by Crippen LogP contribution is 2.24. The van der Waals surface area contributed by atoms with Crippen LogP contribution in [0.15, 0.2) is 53.1 Å². The average Bonchev–Trinajstić information content (AvgIpc) is 2.53. The number of aromatic hydroxyl groups is 1. The van der Waals surface area contributed by atoms with Crippen molar-refractivity contribution in [1.82, 2.24) is 0 Å². The number of benzene rings is 1. The topological polar surface area (TPSA) is 29.5 Å². The molecule has 0 saturated carbocycles. The maximum absolute atomic E-state index is 9.91. The molecule has 1 rings (SSSR count). The molecular weight excluding hydrogens is 296 g/mol. The van der Waals surface area contributed by atoms with Crippen LogP contribution < -0.4 is 4.74 Å². The number of allylic oxidation sites excluding steroid dienone is 6. The minimum absolute atomic E-state index is 0.329. The van der Waals surface area contributed by atoms with Crippen LogP contribution in [-0.4, -0.2) is 12.2 Å². The molecule has 1 N–H and O–H groups in total. The lowest BCUT2D eigenvalue weighted by Gasteiger charge is -2.06. The van der Waals surface area contributed by atoms with E-state index in [1.807, 2.05) is 6.07 Å². The molecule has 0 fully saturated rings. The Labute approximate surface area is 147 Å². The third-order valence-electron chi connectivity index (χ3n) is 4.08. The van der Waals surface area contributed by atoms with Crippen LogP contribution in [0.4, 0.5) is 0 Å². The zero-order chi connectivity index (χ0) is 17.9. The van der Waals surface area contributed by atoms with E-state index in [0.717, 1.165) is 43.4 Å². The Balaban J connectivity index is 2.46. The molecular formula is C22H32O2. The zero-order valence-electron chi connectivity index (χ0n) is 15.9. The lowest BCUT2D eigenvalue weighted by Crippen LogP contribution is -1.88. The minimum Gasteiger partial charge on any atom is -0.508 e. The van der Waals surface area contributed by atoms with Gasteiger partial charge in [-0.05, 0) is 78.0 Å². The van der Waals surface area contributed by atoms with Crippen LogP contribution in [0.25, 0.3) is 0 Å². The van der Waals surface area contributed by atoms with Crippen LogP contribution in [0.2, 0.25) is 0 Å². The molecule has 0 aliphatic heterocycles. The molecule has 0 unspecified atom stereocenters. The van der Waals surface area contributed by atoms with Gasteiger partial charge in [0.05, 0.1) is 7.11 Å².